The zero-order chi connectivity index (χ0) is 24.7. The summed E-state index contributed by atoms with van der Waals surface area (Å²) >= 11 is 0. The van der Waals surface area contributed by atoms with E-state index in [1.165, 1.54) is 31.3 Å². The fourth-order valence-corrected chi connectivity index (χ4v) is 11.3. The topological polar surface area (TPSA) is 74.6 Å². The molecule has 0 aliphatic heterocycles. The molecule has 4 saturated carbocycles. The molecule has 5 aliphatic carbocycles. The van der Waals surface area contributed by atoms with Gasteiger partial charge in [-0.25, -0.2) is 0 Å². The summed E-state index contributed by atoms with van der Waals surface area (Å²) < 4.78 is 0. The highest BCUT2D eigenvalue weighted by Gasteiger charge is 2.70. The zero-order valence-corrected chi connectivity index (χ0v) is 22.1. The van der Waals surface area contributed by atoms with E-state index < -0.39 is 17.4 Å². The van der Waals surface area contributed by atoms with Crippen molar-refractivity contribution in [3.8, 4) is 0 Å². The minimum Gasteiger partial charge on any atom is -0.481 e. The maximum atomic E-state index is 12.5. The molecule has 4 heteroatoms. The van der Waals surface area contributed by atoms with Gasteiger partial charge >= 0.3 is 11.9 Å². The van der Waals surface area contributed by atoms with Crippen molar-refractivity contribution >= 4 is 11.9 Å². The molecular weight excluding hydrogens is 424 g/mol. The van der Waals surface area contributed by atoms with Crippen molar-refractivity contribution < 1.29 is 19.8 Å². The first-order chi connectivity index (χ1) is 15.8. The molecule has 0 aromatic heterocycles. The van der Waals surface area contributed by atoms with Crippen LogP contribution in [0.15, 0.2) is 11.6 Å². The van der Waals surface area contributed by atoms with Crippen LogP contribution in [0.3, 0.4) is 0 Å². The number of carboxylic acids is 2. The predicted molar refractivity (Wildman–Crippen MR) is 133 cm³/mol. The van der Waals surface area contributed by atoms with Gasteiger partial charge in [0.05, 0.1) is 5.41 Å². The lowest BCUT2D eigenvalue weighted by Crippen LogP contribution is -2.65. The molecule has 0 aromatic rings. The third-order valence-electron chi connectivity index (χ3n) is 13.1. The van der Waals surface area contributed by atoms with E-state index in [-0.39, 0.29) is 28.1 Å². The Kier molecular flexibility index (Phi) is 5.44. The largest absolute Gasteiger partial charge is 0.481 e. The first-order valence-electron chi connectivity index (χ1n) is 14.0. The third kappa shape index (κ3) is 2.95. The van der Waals surface area contributed by atoms with Crippen molar-refractivity contribution in [3.05, 3.63) is 11.6 Å². The summed E-state index contributed by atoms with van der Waals surface area (Å²) in [4.78, 5) is 23.8. The van der Waals surface area contributed by atoms with Crippen LogP contribution in [0, 0.1) is 50.7 Å². The molecule has 0 amide bonds. The second-order valence-electron chi connectivity index (χ2n) is 14.2. The maximum Gasteiger partial charge on any atom is 0.309 e. The van der Waals surface area contributed by atoms with Crippen LogP contribution >= 0.6 is 0 Å². The molecule has 0 bridgehead atoms. The van der Waals surface area contributed by atoms with E-state index in [1.807, 2.05) is 0 Å². The molecule has 4 nitrogen and oxygen atoms in total. The highest BCUT2D eigenvalue weighted by atomic mass is 16.4. The Morgan fingerprint density at radius 2 is 1.59 bits per heavy atom. The van der Waals surface area contributed by atoms with E-state index in [2.05, 4.69) is 40.7 Å². The number of aliphatic carboxylic acids is 2. The number of rotatable bonds is 4. The van der Waals surface area contributed by atoms with Gasteiger partial charge in [0.2, 0.25) is 0 Å². The van der Waals surface area contributed by atoms with Crippen molar-refractivity contribution in [1.82, 2.24) is 0 Å². The third-order valence-corrected chi connectivity index (χ3v) is 13.1. The van der Waals surface area contributed by atoms with Crippen LogP contribution in [-0.2, 0) is 9.59 Å². The van der Waals surface area contributed by atoms with Gasteiger partial charge in [-0.05, 0) is 110 Å². The summed E-state index contributed by atoms with van der Waals surface area (Å²) in [6.07, 6.45) is 14.3. The van der Waals surface area contributed by atoms with Gasteiger partial charge in [-0.1, -0.05) is 52.7 Å². The molecule has 4 fully saturated rings. The predicted octanol–water partition coefficient (Wildman–Crippen LogP) is 7.33. The molecule has 2 N–H and O–H groups in total. The van der Waals surface area contributed by atoms with Crippen molar-refractivity contribution in [2.45, 2.75) is 112 Å². The second kappa shape index (κ2) is 7.59. The van der Waals surface area contributed by atoms with E-state index in [0.29, 0.717) is 30.1 Å². The van der Waals surface area contributed by atoms with Crippen LogP contribution in [0.1, 0.15) is 112 Å². The second-order valence-corrected chi connectivity index (χ2v) is 14.2. The number of carboxylic acid groups (broad SMARTS) is 2. The Balaban J connectivity index is 1.49. The van der Waals surface area contributed by atoms with Crippen LogP contribution in [-0.4, -0.2) is 22.2 Å². The number of fused-ring (bicyclic) bond motifs is 7. The summed E-state index contributed by atoms with van der Waals surface area (Å²) in [5.41, 5.74) is 1.64. The number of hydrogen-bond donors (Lipinski definition) is 2. The van der Waals surface area contributed by atoms with Crippen molar-refractivity contribution in [1.29, 1.82) is 0 Å². The van der Waals surface area contributed by atoms with E-state index in [9.17, 15) is 19.8 Å². The first-order valence-corrected chi connectivity index (χ1v) is 14.0. The molecule has 0 aromatic carbocycles. The Bertz CT molecular complexity index is 919. The summed E-state index contributed by atoms with van der Waals surface area (Å²) in [6.45, 7) is 12.4. The van der Waals surface area contributed by atoms with Gasteiger partial charge in [-0.2, -0.15) is 0 Å². The minimum absolute atomic E-state index is 0.0397. The fraction of sp³-hybridized carbons (Fsp3) is 0.867. The van der Waals surface area contributed by atoms with Crippen LogP contribution in [0.5, 0.6) is 0 Å². The van der Waals surface area contributed by atoms with Gasteiger partial charge in [-0.15, -0.1) is 0 Å². The Morgan fingerprint density at radius 1 is 0.853 bits per heavy atom. The molecular formula is C30H46O4. The van der Waals surface area contributed by atoms with Crippen LogP contribution < -0.4 is 0 Å². The molecule has 190 valence electrons. The number of allylic oxidation sites excluding steroid dienone is 2. The quantitative estimate of drug-likeness (QED) is 0.422. The number of hydrogen-bond acceptors (Lipinski definition) is 2. The van der Waals surface area contributed by atoms with Crippen molar-refractivity contribution in [3.63, 3.8) is 0 Å². The molecule has 0 spiro atoms. The van der Waals surface area contributed by atoms with Gasteiger partial charge < -0.3 is 10.2 Å². The summed E-state index contributed by atoms with van der Waals surface area (Å²) in [6, 6.07) is 0. The van der Waals surface area contributed by atoms with Gasteiger partial charge in [0.15, 0.2) is 0 Å². The fourth-order valence-electron chi connectivity index (χ4n) is 11.3. The molecule has 6 unspecified atom stereocenters. The summed E-state index contributed by atoms with van der Waals surface area (Å²) in [7, 11) is 0. The van der Waals surface area contributed by atoms with E-state index >= 15 is 0 Å². The summed E-state index contributed by atoms with van der Waals surface area (Å²) in [5, 5.41) is 19.6. The first kappa shape index (κ1) is 24.4. The normalized spacial score (nSPS) is 49.1. The van der Waals surface area contributed by atoms with Crippen LogP contribution in [0.25, 0.3) is 0 Å². The Hall–Kier alpha value is -1.32. The van der Waals surface area contributed by atoms with Gasteiger partial charge in [-0.3, -0.25) is 9.59 Å². The lowest BCUT2D eigenvalue weighted by atomic mass is 9.33. The monoisotopic (exact) mass is 470 g/mol. The smallest absolute Gasteiger partial charge is 0.309 e. The Labute approximate surface area is 206 Å². The van der Waals surface area contributed by atoms with Crippen LogP contribution in [0.4, 0.5) is 0 Å². The maximum absolute atomic E-state index is 12.5. The van der Waals surface area contributed by atoms with Crippen molar-refractivity contribution in [2.24, 2.45) is 50.7 Å². The standard InChI is InChI=1S/C30H46O4/c1-26(2)19(8-11-24(31)32)12-15-27(3)22(26)13-16-29(5)23(27)10-9-20-21-7-6-14-30(21,25(33)34)18-17-28(20,29)4/h12,20-23H,6-11,13-18H2,1-5H3,(H,31,32)(H,33,34)/t20?,21-,22?,23?,27?,28-,29?,30?/m1/s1. The number of carbonyl (C=O) groups is 2. The summed E-state index contributed by atoms with van der Waals surface area (Å²) in [5.74, 6) is 0.912. The SMILES string of the molecule is CC1(C)C(CCC(=O)O)=CCC2(C)C1CCC1(C)C2CCC2[C@H]3CCCC3(C(=O)O)CC[C@]21C. The van der Waals surface area contributed by atoms with Gasteiger partial charge in [0.1, 0.15) is 0 Å². The lowest BCUT2D eigenvalue weighted by molar-refractivity contribution is -0.226. The van der Waals surface area contributed by atoms with Gasteiger partial charge in [0, 0.05) is 6.42 Å². The van der Waals surface area contributed by atoms with Gasteiger partial charge in [0.25, 0.3) is 0 Å². The molecule has 0 heterocycles. The highest BCUT2D eigenvalue weighted by Crippen LogP contribution is 2.76. The average molecular weight is 471 g/mol. The molecule has 5 rings (SSSR count). The lowest BCUT2D eigenvalue weighted by Gasteiger charge is -2.72. The van der Waals surface area contributed by atoms with E-state index in [0.717, 1.165) is 38.5 Å². The molecule has 34 heavy (non-hydrogen) atoms. The zero-order valence-electron chi connectivity index (χ0n) is 22.1. The molecule has 5 aliphatic rings. The van der Waals surface area contributed by atoms with E-state index in [4.69, 9.17) is 0 Å². The molecule has 0 saturated heterocycles. The average Bonchev–Trinajstić information content (AvgIpc) is 3.19. The minimum atomic E-state index is -0.700. The van der Waals surface area contributed by atoms with Crippen molar-refractivity contribution in [2.75, 3.05) is 0 Å². The van der Waals surface area contributed by atoms with E-state index in [1.54, 1.807) is 0 Å². The Morgan fingerprint density at radius 3 is 2.26 bits per heavy atom. The molecule has 0 radical (unpaired) electrons. The molecule has 8 atom stereocenters. The highest BCUT2D eigenvalue weighted by molar-refractivity contribution is 5.76. The van der Waals surface area contributed by atoms with Crippen LogP contribution in [0.2, 0.25) is 0 Å².